The highest BCUT2D eigenvalue weighted by Gasteiger charge is 2.27. The Morgan fingerprint density at radius 2 is 2.31 bits per heavy atom. The van der Waals surface area contributed by atoms with Gasteiger partial charge in [0.15, 0.2) is 0 Å². The first-order valence-electron chi connectivity index (χ1n) is 5.39. The first-order valence-corrected chi connectivity index (χ1v) is 6.63. The van der Waals surface area contributed by atoms with Gasteiger partial charge in [0.1, 0.15) is 0 Å². The topological polar surface area (TPSA) is 20.3 Å². The lowest BCUT2D eigenvalue weighted by atomic mass is 10.2. The Labute approximate surface area is 110 Å². The van der Waals surface area contributed by atoms with Crippen molar-refractivity contribution in [1.29, 1.82) is 0 Å². The van der Waals surface area contributed by atoms with E-state index in [4.69, 9.17) is 0 Å². The second-order valence-electron chi connectivity index (χ2n) is 4.15. The van der Waals surface area contributed by atoms with E-state index in [1.807, 2.05) is 23.1 Å². The van der Waals surface area contributed by atoms with Crippen LogP contribution in [0.5, 0.6) is 0 Å². The third kappa shape index (κ3) is 2.28. The number of halogens is 1. The van der Waals surface area contributed by atoms with Crippen molar-refractivity contribution in [3.63, 3.8) is 0 Å². The number of likely N-dealkylation sites (tertiary alicyclic amines) is 1. The van der Waals surface area contributed by atoms with E-state index in [2.05, 4.69) is 35.5 Å². The summed E-state index contributed by atoms with van der Waals surface area (Å²) in [4.78, 5) is 15.0. The van der Waals surface area contributed by atoms with Gasteiger partial charge in [0.25, 0.3) is 5.91 Å². The highest BCUT2D eigenvalue weighted by molar-refractivity contribution is 9.10. The lowest BCUT2D eigenvalue weighted by molar-refractivity contribution is 0.0746. The third-order valence-corrected chi connectivity index (χ3v) is 3.96. The van der Waals surface area contributed by atoms with E-state index < -0.39 is 0 Å². The van der Waals surface area contributed by atoms with Crippen LogP contribution in [0.15, 0.2) is 27.6 Å². The summed E-state index contributed by atoms with van der Waals surface area (Å²) in [5, 5.41) is 0. The lowest BCUT2D eigenvalue weighted by Crippen LogP contribution is -2.33. The zero-order valence-electron chi connectivity index (χ0n) is 9.11. The molecule has 4 heteroatoms. The number of thiol groups is 1. The Hall–Kier alpha value is -0.480. The highest BCUT2D eigenvalue weighted by atomic mass is 79.9. The Balaban J connectivity index is 2.29. The second-order valence-corrected chi connectivity index (χ2v) is 5.52. The number of carbonyl (C=O) groups is 1. The molecule has 1 heterocycles. The van der Waals surface area contributed by atoms with Crippen LogP contribution in [0.4, 0.5) is 0 Å². The van der Waals surface area contributed by atoms with E-state index in [0.29, 0.717) is 11.6 Å². The van der Waals surface area contributed by atoms with Crippen LogP contribution >= 0.6 is 28.6 Å². The molecule has 2 rings (SSSR count). The molecule has 1 aromatic rings. The van der Waals surface area contributed by atoms with Crippen molar-refractivity contribution in [3.8, 4) is 0 Å². The van der Waals surface area contributed by atoms with Crippen molar-refractivity contribution in [2.45, 2.75) is 30.7 Å². The van der Waals surface area contributed by atoms with Crippen LogP contribution < -0.4 is 0 Å². The van der Waals surface area contributed by atoms with Crippen LogP contribution in [0.25, 0.3) is 0 Å². The maximum atomic E-state index is 12.3. The third-order valence-electron chi connectivity index (χ3n) is 2.99. The molecule has 2 nitrogen and oxygen atoms in total. The van der Waals surface area contributed by atoms with E-state index in [9.17, 15) is 4.79 Å². The molecule has 16 heavy (non-hydrogen) atoms. The molecule has 1 amide bonds. The van der Waals surface area contributed by atoms with Gasteiger partial charge in [0, 0.05) is 22.0 Å². The summed E-state index contributed by atoms with van der Waals surface area (Å²) in [6.45, 7) is 2.96. The minimum atomic E-state index is 0.104. The molecular formula is C12H14BrNOS. The molecule has 86 valence electrons. The smallest absolute Gasteiger partial charge is 0.255 e. The molecule has 0 N–H and O–H groups in total. The number of nitrogens with zero attached hydrogens (tertiary/aromatic N) is 1. The molecule has 1 fully saturated rings. The Kier molecular flexibility index (Phi) is 3.60. The zero-order chi connectivity index (χ0) is 11.7. The van der Waals surface area contributed by atoms with E-state index in [0.717, 1.165) is 28.8 Å². The monoisotopic (exact) mass is 299 g/mol. The summed E-state index contributed by atoms with van der Waals surface area (Å²) in [5.74, 6) is 0.104. The maximum Gasteiger partial charge on any atom is 0.255 e. The summed E-state index contributed by atoms with van der Waals surface area (Å²) in [5.41, 5.74) is 0.709. The molecule has 1 aromatic carbocycles. The molecule has 1 unspecified atom stereocenters. The van der Waals surface area contributed by atoms with Gasteiger partial charge in [0.05, 0.1) is 5.56 Å². The molecule has 1 aliphatic rings. The van der Waals surface area contributed by atoms with Gasteiger partial charge in [-0.1, -0.05) is 0 Å². The maximum absolute atomic E-state index is 12.3. The predicted octanol–water partition coefficient (Wildman–Crippen LogP) is 3.36. The molecule has 0 bridgehead atoms. The number of hydrogen-bond acceptors (Lipinski definition) is 2. The van der Waals surface area contributed by atoms with Crippen LogP contribution in [-0.2, 0) is 0 Å². The van der Waals surface area contributed by atoms with Crippen LogP contribution in [-0.4, -0.2) is 23.4 Å². The number of amides is 1. The van der Waals surface area contributed by atoms with Crippen molar-refractivity contribution >= 4 is 34.5 Å². The first-order chi connectivity index (χ1) is 7.59. The summed E-state index contributed by atoms with van der Waals surface area (Å²) in [6.07, 6.45) is 2.20. The minimum absolute atomic E-state index is 0.104. The van der Waals surface area contributed by atoms with Gasteiger partial charge >= 0.3 is 0 Å². The molecule has 0 saturated carbocycles. The number of rotatable bonds is 1. The largest absolute Gasteiger partial charge is 0.336 e. The molecule has 0 radical (unpaired) electrons. The second kappa shape index (κ2) is 4.80. The molecule has 0 spiro atoms. The lowest BCUT2D eigenvalue weighted by Gasteiger charge is -2.22. The van der Waals surface area contributed by atoms with E-state index in [1.165, 1.54) is 0 Å². The van der Waals surface area contributed by atoms with Gasteiger partial charge in [-0.15, -0.1) is 12.6 Å². The Morgan fingerprint density at radius 1 is 1.56 bits per heavy atom. The molecule has 0 aromatic heterocycles. The molecule has 1 atom stereocenters. The van der Waals surface area contributed by atoms with Crippen LogP contribution in [0.3, 0.4) is 0 Å². The predicted molar refractivity (Wildman–Crippen MR) is 71.1 cm³/mol. The minimum Gasteiger partial charge on any atom is -0.336 e. The summed E-state index contributed by atoms with van der Waals surface area (Å²) in [6, 6.07) is 5.91. The van der Waals surface area contributed by atoms with Crippen molar-refractivity contribution < 1.29 is 4.79 Å². The SMILES string of the molecule is CC1CCCN1C(=O)c1cc(S)ccc1Br. The summed E-state index contributed by atoms with van der Waals surface area (Å²) >= 11 is 7.69. The van der Waals surface area contributed by atoms with Crippen molar-refractivity contribution in [2.24, 2.45) is 0 Å². The average molecular weight is 300 g/mol. The quantitative estimate of drug-likeness (QED) is 0.789. The van der Waals surface area contributed by atoms with E-state index >= 15 is 0 Å². The zero-order valence-corrected chi connectivity index (χ0v) is 11.6. The standard InChI is InChI=1S/C12H14BrNOS/c1-8-3-2-6-14(8)12(15)10-7-9(16)4-5-11(10)13/h4-5,7-8,16H,2-3,6H2,1H3. The van der Waals surface area contributed by atoms with Crippen LogP contribution in [0.2, 0.25) is 0 Å². The highest BCUT2D eigenvalue weighted by Crippen LogP contribution is 2.25. The van der Waals surface area contributed by atoms with Gasteiger partial charge in [-0.3, -0.25) is 4.79 Å². The fourth-order valence-electron chi connectivity index (χ4n) is 2.07. The van der Waals surface area contributed by atoms with Gasteiger partial charge < -0.3 is 4.90 Å². The average Bonchev–Trinajstić information content (AvgIpc) is 2.67. The molecule has 1 aliphatic heterocycles. The van der Waals surface area contributed by atoms with E-state index in [-0.39, 0.29) is 5.91 Å². The molecule has 0 aliphatic carbocycles. The Morgan fingerprint density at radius 3 is 2.94 bits per heavy atom. The van der Waals surface area contributed by atoms with Crippen molar-refractivity contribution in [1.82, 2.24) is 4.90 Å². The molecular weight excluding hydrogens is 286 g/mol. The summed E-state index contributed by atoms with van der Waals surface area (Å²) < 4.78 is 0.842. The van der Waals surface area contributed by atoms with Crippen molar-refractivity contribution in [3.05, 3.63) is 28.2 Å². The number of carbonyl (C=O) groups excluding carboxylic acids is 1. The number of hydrogen-bond donors (Lipinski definition) is 1. The van der Waals surface area contributed by atoms with Gasteiger partial charge in [0.2, 0.25) is 0 Å². The van der Waals surface area contributed by atoms with Crippen molar-refractivity contribution in [2.75, 3.05) is 6.54 Å². The first kappa shape index (κ1) is 12.0. The van der Waals surface area contributed by atoms with Crippen LogP contribution in [0, 0.1) is 0 Å². The molecule has 1 saturated heterocycles. The normalized spacial score (nSPS) is 20.2. The number of benzene rings is 1. The Bertz CT molecular complexity index is 421. The fraction of sp³-hybridized carbons (Fsp3) is 0.417. The summed E-state index contributed by atoms with van der Waals surface area (Å²) in [7, 11) is 0. The van der Waals surface area contributed by atoms with Gasteiger partial charge in [-0.2, -0.15) is 0 Å². The fourth-order valence-corrected chi connectivity index (χ4v) is 2.69. The van der Waals surface area contributed by atoms with E-state index in [1.54, 1.807) is 0 Å². The van der Waals surface area contributed by atoms with Crippen LogP contribution in [0.1, 0.15) is 30.1 Å². The van der Waals surface area contributed by atoms with Gasteiger partial charge in [-0.25, -0.2) is 0 Å². The van der Waals surface area contributed by atoms with Gasteiger partial charge in [-0.05, 0) is 53.9 Å².